The Morgan fingerprint density at radius 1 is 1.53 bits per heavy atom. The first-order valence-corrected chi connectivity index (χ1v) is 4.79. The molecule has 0 amide bonds. The van der Waals surface area contributed by atoms with Crippen LogP contribution in [0.5, 0.6) is 0 Å². The Kier molecular flexibility index (Phi) is 2.91. The Balaban J connectivity index is 2.07. The van der Waals surface area contributed by atoms with E-state index in [9.17, 15) is 4.79 Å². The Labute approximate surface area is 96.2 Å². The predicted molar refractivity (Wildman–Crippen MR) is 59.4 cm³/mol. The average Bonchev–Trinajstić information content (AvgIpc) is 2.78. The van der Waals surface area contributed by atoms with E-state index in [0.29, 0.717) is 18.1 Å². The van der Waals surface area contributed by atoms with E-state index in [1.807, 2.05) is 0 Å². The third kappa shape index (κ3) is 2.51. The standard InChI is InChI=1S/C10H10N4O3/c11-8-3-6(1-2-7(8)10(15)16)12-4-9-13-5-17-14-9/h1-3,5,12H,4,11H2,(H,15,16). The van der Waals surface area contributed by atoms with Crippen LogP contribution in [0.3, 0.4) is 0 Å². The lowest BCUT2D eigenvalue weighted by molar-refractivity contribution is 0.0698. The molecular formula is C10H10N4O3. The van der Waals surface area contributed by atoms with Gasteiger partial charge in [-0.3, -0.25) is 0 Å². The van der Waals surface area contributed by atoms with E-state index < -0.39 is 5.97 Å². The first kappa shape index (κ1) is 10.9. The van der Waals surface area contributed by atoms with E-state index in [4.69, 9.17) is 10.8 Å². The molecule has 1 aromatic heterocycles. The fraction of sp³-hybridized carbons (Fsp3) is 0.100. The van der Waals surface area contributed by atoms with Crippen LogP contribution in [-0.2, 0) is 6.54 Å². The van der Waals surface area contributed by atoms with E-state index in [2.05, 4.69) is 20.0 Å². The van der Waals surface area contributed by atoms with Crippen LogP contribution in [0.2, 0.25) is 0 Å². The molecule has 7 heteroatoms. The maximum Gasteiger partial charge on any atom is 0.337 e. The van der Waals surface area contributed by atoms with Crippen LogP contribution in [0.1, 0.15) is 16.2 Å². The van der Waals surface area contributed by atoms with Crippen molar-refractivity contribution in [3.8, 4) is 0 Å². The minimum atomic E-state index is -1.05. The minimum Gasteiger partial charge on any atom is -0.478 e. The highest BCUT2D eigenvalue weighted by atomic mass is 16.5. The van der Waals surface area contributed by atoms with Crippen molar-refractivity contribution in [2.24, 2.45) is 0 Å². The van der Waals surface area contributed by atoms with E-state index in [1.165, 1.54) is 12.5 Å². The highest BCUT2D eigenvalue weighted by Crippen LogP contribution is 2.18. The van der Waals surface area contributed by atoms with Crippen molar-refractivity contribution < 1.29 is 14.4 Å². The summed E-state index contributed by atoms with van der Waals surface area (Å²) in [5.41, 5.74) is 6.58. The van der Waals surface area contributed by atoms with Crippen molar-refractivity contribution in [1.82, 2.24) is 10.1 Å². The summed E-state index contributed by atoms with van der Waals surface area (Å²) in [4.78, 5) is 14.6. The number of nitrogen functional groups attached to an aromatic ring is 1. The number of nitrogens with two attached hydrogens (primary N) is 1. The molecule has 2 aromatic rings. The van der Waals surface area contributed by atoms with Gasteiger partial charge in [0, 0.05) is 11.4 Å². The molecule has 0 fully saturated rings. The van der Waals surface area contributed by atoms with Crippen LogP contribution in [0.4, 0.5) is 11.4 Å². The third-order valence-corrected chi connectivity index (χ3v) is 2.14. The van der Waals surface area contributed by atoms with Gasteiger partial charge in [-0.05, 0) is 18.2 Å². The summed E-state index contributed by atoms with van der Waals surface area (Å²) in [6.45, 7) is 0.377. The quantitative estimate of drug-likeness (QED) is 0.675. The highest BCUT2D eigenvalue weighted by Gasteiger charge is 2.08. The van der Waals surface area contributed by atoms with Gasteiger partial charge in [0.2, 0.25) is 6.39 Å². The second kappa shape index (κ2) is 4.52. The molecule has 0 unspecified atom stereocenters. The molecule has 88 valence electrons. The summed E-state index contributed by atoms with van der Waals surface area (Å²) in [6.07, 6.45) is 1.24. The fourth-order valence-corrected chi connectivity index (χ4v) is 1.32. The monoisotopic (exact) mass is 234 g/mol. The number of aromatic nitrogens is 2. The molecule has 0 saturated carbocycles. The van der Waals surface area contributed by atoms with Crippen molar-refractivity contribution >= 4 is 17.3 Å². The van der Waals surface area contributed by atoms with E-state index >= 15 is 0 Å². The number of carboxylic acids is 1. The van der Waals surface area contributed by atoms with Gasteiger partial charge in [-0.15, -0.1) is 0 Å². The number of carbonyl (C=O) groups is 1. The van der Waals surface area contributed by atoms with Crippen LogP contribution in [0.25, 0.3) is 0 Å². The highest BCUT2D eigenvalue weighted by molar-refractivity contribution is 5.94. The zero-order valence-corrected chi connectivity index (χ0v) is 8.75. The molecule has 0 radical (unpaired) electrons. The summed E-state index contributed by atoms with van der Waals surface area (Å²) in [7, 11) is 0. The Morgan fingerprint density at radius 3 is 2.94 bits per heavy atom. The Bertz CT molecular complexity index is 524. The minimum absolute atomic E-state index is 0.0788. The average molecular weight is 234 g/mol. The fourth-order valence-electron chi connectivity index (χ4n) is 1.32. The number of aromatic carboxylic acids is 1. The summed E-state index contributed by atoms with van der Waals surface area (Å²) < 4.78 is 4.57. The lowest BCUT2D eigenvalue weighted by atomic mass is 10.1. The molecule has 0 aliphatic carbocycles. The molecule has 2 rings (SSSR count). The number of rotatable bonds is 4. The lowest BCUT2D eigenvalue weighted by Gasteiger charge is -2.06. The van der Waals surface area contributed by atoms with Crippen molar-refractivity contribution in [1.29, 1.82) is 0 Å². The molecule has 7 nitrogen and oxygen atoms in total. The van der Waals surface area contributed by atoms with Crippen molar-refractivity contribution in [2.45, 2.75) is 6.54 Å². The SMILES string of the molecule is Nc1cc(NCc2ncon2)ccc1C(=O)O. The number of anilines is 2. The van der Waals surface area contributed by atoms with Crippen LogP contribution in [-0.4, -0.2) is 21.2 Å². The molecule has 0 spiro atoms. The largest absolute Gasteiger partial charge is 0.478 e. The lowest BCUT2D eigenvalue weighted by Crippen LogP contribution is -2.05. The third-order valence-electron chi connectivity index (χ3n) is 2.14. The van der Waals surface area contributed by atoms with Crippen LogP contribution in [0, 0.1) is 0 Å². The molecule has 0 aliphatic heterocycles. The van der Waals surface area contributed by atoms with Gasteiger partial charge >= 0.3 is 5.97 Å². The second-order valence-corrected chi connectivity index (χ2v) is 3.31. The summed E-state index contributed by atoms with van der Waals surface area (Å²) >= 11 is 0. The molecule has 4 N–H and O–H groups in total. The van der Waals surface area contributed by atoms with Gasteiger partial charge in [-0.2, -0.15) is 4.98 Å². The van der Waals surface area contributed by atoms with E-state index in [1.54, 1.807) is 12.1 Å². The molecule has 0 atom stereocenters. The van der Waals surface area contributed by atoms with Crippen molar-refractivity contribution in [2.75, 3.05) is 11.1 Å². The van der Waals surface area contributed by atoms with E-state index in [-0.39, 0.29) is 11.3 Å². The molecule has 0 aliphatic rings. The first-order chi connectivity index (χ1) is 8.16. The number of hydrogen-bond acceptors (Lipinski definition) is 6. The number of nitrogens with zero attached hydrogens (tertiary/aromatic N) is 2. The molecule has 1 aromatic carbocycles. The second-order valence-electron chi connectivity index (χ2n) is 3.31. The Morgan fingerprint density at radius 2 is 2.35 bits per heavy atom. The first-order valence-electron chi connectivity index (χ1n) is 4.79. The van der Waals surface area contributed by atoms with Crippen molar-refractivity contribution in [3.05, 3.63) is 36.0 Å². The molecule has 17 heavy (non-hydrogen) atoms. The van der Waals surface area contributed by atoms with Gasteiger partial charge in [0.15, 0.2) is 5.82 Å². The van der Waals surface area contributed by atoms with E-state index in [0.717, 1.165) is 0 Å². The van der Waals surface area contributed by atoms with Crippen LogP contribution in [0.15, 0.2) is 29.1 Å². The number of hydrogen-bond donors (Lipinski definition) is 3. The summed E-state index contributed by atoms with van der Waals surface area (Å²) in [5, 5.41) is 15.4. The normalized spacial score (nSPS) is 10.1. The summed E-state index contributed by atoms with van der Waals surface area (Å²) in [5.74, 6) is -0.543. The molecule has 0 saturated heterocycles. The number of nitrogens with one attached hydrogen (secondary N) is 1. The predicted octanol–water partition coefficient (Wildman–Crippen LogP) is 0.962. The van der Waals surface area contributed by atoms with Gasteiger partial charge in [-0.1, -0.05) is 5.16 Å². The van der Waals surface area contributed by atoms with Gasteiger partial charge in [0.05, 0.1) is 12.1 Å². The van der Waals surface area contributed by atoms with Gasteiger partial charge in [0.25, 0.3) is 0 Å². The maximum atomic E-state index is 10.7. The zero-order valence-electron chi connectivity index (χ0n) is 8.75. The maximum absolute atomic E-state index is 10.7. The zero-order chi connectivity index (χ0) is 12.3. The van der Waals surface area contributed by atoms with Gasteiger partial charge in [0.1, 0.15) is 0 Å². The van der Waals surface area contributed by atoms with Gasteiger partial charge < -0.3 is 20.7 Å². The number of carboxylic acid groups (broad SMARTS) is 1. The molecule has 0 bridgehead atoms. The summed E-state index contributed by atoms with van der Waals surface area (Å²) in [6, 6.07) is 4.61. The van der Waals surface area contributed by atoms with Crippen molar-refractivity contribution in [3.63, 3.8) is 0 Å². The van der Waals surface area contributed by atoms with Crippen LogP contribution < -0.4 is 11.1 Å². The number of benzene rings is 1. The topological polar surface area (TPSA) is 114 Å². The Hall–Kier alpha value is -2.57. The molecular weight excluding hydrogens is 224 g/mol. The molecule has 1 heterocycles. The smallest absolute Gasteiger partial charge is 0.337 e. The van der Waals surface area contributed by atoms with Crippen LogP contribution >= 0.6 is 0 Å². The van der Waals surface area contributed by atoms with Gasteiger partial charge in [-0.25, -0.2) is 4.79 Å².